The van der Waals surface area contributed by atoms with Crippen LogP contribution in [0.3, 0.4) is 0 Å². The highest BCUT2D eigenvalue weighted by atomic mass is 35.5. The van der Waals surface area contributed by atoms with E-state index in [9.17, 15) is 18.0 Å². The zero-order chi connectivity index (χ0) is 16.9. The highest BCUT2D eigenvalue weighted by Crippen LogP contribution is 2.31. The lowest BCUT2D eigenvalue weighted by molar-refractivity contribution is -0.274. The Morgan fingerprint density at radius 3 is 2.33 bits per heavy atom. The Morgan fingerprint density at radius 2 is 1.83 bits per heavy atom. The molecule has 1 aromatic carbocycles. The number of benzene rings is 1. The summed E-state index contributed by atoms with van der Waals surface area (Å²) in [5.74, 6) is -0.519. The molecule has 24 heavy (non-hydrogen) atoms. The Kier molecular flexibility index (Phi) is 7.31. The molecule has 1 heterocycles. The lowest BCUT2D eigenvalue weighted by Crippen LogP contribution is -2.47. The van der Waals surface area contributed by atoms with E-state index in [-0.39, 0.29) is 24.1 Å². The Hall–Kier alpha value is -1.51. The van der Waals surface area contributed by atoms with Gasteiger partial charge in [-0.05, 0) is 50.2 Å². The average Bonchev–Trinajstić information content (AvgIpc) is 2.49. The zero-order valence-corrected chi connectivity index (χ0v) is 13.9. The molecule has 0 aromatic heterocycles. The van der Waals surface area contributed by atoms with Crippen LogP contribution in [0.2, 0.25) is 0 Å². The summed E-state index contributed by atoms with van der Waals surface area (Å²) in [7, 11) is 1.54. The molecule has 1 fully saturated rings. The number of alkyl halides is 3. The molecule has 0 aliphatic carbocycles. The number of amides is 1. The van der Waals surface area contributed by atoms with Gasteiger partial charge < -0.3 is 20.1 Å². The molecule has 0 atom stereocenters. The van der Waals surface area contributed by atoms with Gasteiger partial charge in [0.1, 0.15) is 5.75 Å². The second-order valence-corrected chi connectivity index (χ2v) is 5.49. The van der Waals surface area contributed by atoms with Gasteiger partial charge in [-0.15, -0.1) is 25.6 Å². The Morgan fingerprint density at radius 1 is 1.25 bits per heavy atom. The summed E-state index contributed by atoms with van der Waals surface area (Å²) < 4.78 is 45.3. The first-order valence-corrected chi connectivity index (χ1v) is 7.22. The minimum Gasteiger partial charge on any atom is -0.406 e. The van der Waals surface area contributed by atoms with Gasteiger partial charge >= 0.3 is 6.36 Å². The SMILES string of the molecule is COCC1(C(=O)Nc2ccc(OC(F)(F)F)cc2)CCNCC1.Cl. The average molecular weight is 369 g/mol. The third-order valence-corrected chi connectivity index (χ3v) is 3.81. The van der Waals surface area contributed by atoms with E-state index in [0.717, 1.165) is 25.2 Å². The number of halogens is 4. The molecule has 1 amide bonds. The summed E-state index contributed by atoms with van der Waals surface area (Å²) in [6.07, 6.45) is -3.45. The summed E-state index contributed by atoms with van der Waals surface area (Å²) in [5.41, 5.74) is -0.209. The highest BCUT2D eigenvalue weighted by molar-refractivity contribution is 5.95. The van der Waals surface area contributed by atoms with Crippen LogP contribution in [-0.2, 0) is 9.53 Å². The Bertz CT molecular complexity index is 526. The van der Waals surface area contributed by atoms with Crippen LogP contribution in [0.25, 0.3) is 0 Å². The number of rotatable bonds is 5. The van der Waals surface area contributed by atoms with Gasteiger partial charge in [0.15, 0.2) is 0 Å². The number of piperidine rings is 1. The second-order valence-electron chi connectivity index (χ2n) is 5.49. The molecule has 9 heteroatoms. The number of methoxy groups -OCH3 is 1. The molecule has 0 radical (unpaired) electrons. The maximum Gasteiger partial charge on any atom is 0.573 e. The topological polar surface area (TPSA) is 59.6 Å². The first kappa shape index (κ1) is 20.5. The minimum absolute atomic E-state index is 0. The molecule has 5 nitrogen and oxygen atoms in total. The molecule has 2 rings (SSSR count). The standard InChI is InChI=1S/C15H19F3N2O3.ClH/c1-22-10-14(6-8-19-9-7-14)13(21)20-11-2-4-12(5-3-11)23-15(16,17)18;/h2-5,19H,6-10H2,1H3,(H,20,21);1H. The van der Waals surface area contributed by atoms with Crippen molar-refractivity contribution in [2.24, 2.45) is 5.41 Å². The van der Waals surface area contributed by atoms with Crippen molar-refractivity contribution in [3.8, 4) is 5.75 Å². The first-order valence-electron chi connectivity index (χ1n) is 7.22. The number of ether oxygens (including phenoxy) is 2. The van der Waals surface area contributed by atoms with Crippen LogP contribution in [0.4, 0.5) is 18.9 Å². The van der Waals surface area contributed by atoms with Crippen molar-refractivity contribution in [1.29, 1.82) is 0 Å². The van der Waals surface area contributed by atoms with Crippen molar-refractivity contribution in [3.63, 3.8) is 0 Å². The fourth-order valence-electron chi connectivity index (χ4n) is 2.62. The second kappa shape index (κ2) is 8.55. The van der Waals surface area contributed by atoms with Gasteiger partial charge in [0.2, 0.25) is 5.91 Å². The predicted molar refractivity (Wildman–Crippen MR) is 85.4 cm³/mol. The zero-order valence-electron chi connectivity index (χ0n) is 13.1. The van der Waals surface area contributed by atoms with Crippen LogP contribution in [0, 0.1) is 5.41 Å². The third-order valence-electron chi connectivity index (χ3n) is 3.81. The van der Waals surface area contributed by atoms with Crippen LogP contribution < -0.4 is 15.4 Å². The molecule has 0 bridgehead atoms. The van der Waals surface area contributed by atoms with E-state index in [4.69, 9.17) is 4.74 Å². The summed E-state index contributed by atoms with van der Waals surface area (Å²) in [6.45, 7) is 1.74. The van der Waals surface area contributed by atoms with Crippen molar-refractivity contribution in [2.45, 2.75) is 19.2 Å². The largest absolute Gasteiger partial charge is 0.573 e. The smallest absolute Gasteiger partial charge is 0.406 e. The van der Waals surface area contributed by atoms with Gasteiger partial charge in [-0.1, -0.05) is 0 Å². The van der Waals surface area contributed by atoms with Crippen LogP contribution in [0.5, 0.6) is 5.75 Å². The van der Waals surface area contributed by atoms with Gasteiger partial charge in [0, 0.05) is 12.8 Å². The molecule has 1 aliphatic heterocycles. The van der Waals surface area contributed by atoms with Gasteiger partial charge in [-0.25, -0.2) is 0 Å². The van der Waals surface area contributed by atoms with Gasteiger partial charge in [-0.3, -0.25) is 4.79 Å². The minimum atomic E-state index is -4.73. The quantitative estimate of drug-likeness (QED) is 0.839. The molecule has 0 saturated carbocycles. The number of anilines is 1. The fraction of sp³-hybridized carbons (Fsp3) is 0.533. The number of carbonyl (C=O) groups excluding carboxylic acids is 1. The van der Waals surface area contributed by atoms with Crippen molar-refractivity contribution in [1.82, 2.24) is 5.32 Å². The normalized spacial score (nSPS) is 16.8. The van der Waals surface area contributed by atoms with E-state index >= 15 is 0 Å². The van der Waals surface area contributed by atoms with Crippen molar-refractivity contribution in [2.75, 3.05) is 32.1 Å². The van der Waals surface area contributed by atoms with E-state index < -0.39 is 11.8 Å². The highest BCUT2D eigenvalue weighted by Gasteiger charge is 2.39. The van der Waals surface area contributed by atoms with Crippen molar-refractivity contribution >= 4 is 24.0 Å². The number of nitrogens with one attached hydrogen (secondary N) is 2. The molecule has 0 spiro atoms. The summed E-state index contributed by atoms with van der Waals surface area (Å²) in [5, 5.41) is 5.93. The van der Waals surface area contributed by atoms with Crippen LogP contribution in [0.1, 0.15) is 12.8 Å². The summed E-state index contributed by atoms with van der Waals surface area (Å²) >= 11 is 0. The molecular formula is C15H20ClF3N2O3. The Balaban J connectivity index is 0.00000288. The van der Waals surface area contributed by atoms with E-state index in [1.54, 1.807) is 7.11 Å². The van der Waals surface area contributed by atoms with Crippen molar-refractivity contribution in [3.05, 3.63) is 24.3 Å². The lowest BCUT2D eigenvalue weighted by Gasteiger charge is -2.35. The molecule has 2 N–H and O–H groups in total. The maximum atomic E-state index is 12.6. The van der Waals surface area contributed by atoms with E-state index in [1.807, 2.05) is 0 Å². The summed E-state index contributed by atoms with van der Waals surface area (Å²) in [4.78, 5) is 12.6. The number of carbonyl (C=O) groups is 1. The van der Waals surface area contributed by atoms with Crippen LogP contribution >= 0.6 is 12.4 Å². The molecule has 1 aliphatic rings. The Labute approximate surface area is 144 Å². The molecule has 0 unspecified atom stereocenters. The molecular weight excluding hydrogens is 349 g/mol. The molecule has 136 valence electrons. The monoisotopic (exact) mass is 368 g/mol. The summed E-state index contributed by atoms with van der Waals surface area (Å²) in [6, 6.07) is 5.07. The van der Waals surface area contributed by atoms with Gasteiger partial charge in [0.25, 0.3) is 0 Å². The van der Waals surface area contributed by atoms with Gasteiger partial charge in [-0.2, -0.15) is 0 Å². The number of hydrogen-bond donors (Lipinski definition) is 2. The first-order chi connectivity index (χ1) is 10.8. The van der Waals surface area contributed by atoms with E-state index in [0.29, 0.717) is 25.1 Å². The third kappa shape index (κ3) is 5.54. The molecule has 1 saturated heterocycles. The maximum absolute atomic E-state index is 12.6. The molecule has 1 aromatic rings. The van der Waals surface area contributed by atoms with Gasteiger partial charge in [0.05, 0.1) is 12.0 Å². The van der Waals surface area contributed by atoms with Crippen LogP contribution in [0.15, 0.2) is 24.3 Å². The lowest BCUT2D eigenvalue weighted by atomic mass is 9.78. The predicted octanol–water partition coefficient (Wildman–Crippen LogP) is 2.96. The number of hydrogen-bond acceptors (Lipinski definition) is 4. The fourth-order valence-corrected chi connectivity index (χ4v) is 2.62. The van der Waals surface area contributed by atoms with Crippen LogP contribution in [-0.4, -0.2) is 39.1 Å². The van der Waals surface area contributed by atoms with E-state index in [1.165, 1.54) is 12.1 Å². The van der Waals surface area contributed by atoms with Crippen molar-refractivity contribution < 1.29 is 27.4 Å². The van der Waals surface area contributed by atoms with E-state index in [2.05, 4.69) is 15.4 Å².